The van der Waals surface area contributed by atoms with Crippen molar-refractivity contribution in [2.45, 2.75) is 76.8 Å². The molecule has 2 saturated carbocycles. The van der Waals surface area contributed by atoms with Gasteiger partial charge >= 0.3 is 5.97 Å². The van der Waals surface area contributed by atoms with E-state index in [2.05, 4.69) is 10.6 Å². The van der Waals surface area contributed by atoms with E-state index in [4.69, 9.17) is 5.11 Å². The molecular weight excluding hydrogens is 296 g/mol. The molecule has 2 amide bonds. The predicted molar refractivity (Wildman–Crippen MR) is 85.7 cm³/mol. The quantitative estimate of drug-likeness (QED) is 0.694. The van der Waals surface area contributed by atoms with Crippen molar-refractivity contribution in [2.75, 3.05) is 0 Å². The Bertz CT molecular complexity index is 438. The molecule has 2 aliphatic rings. The largest absolute Gasteiger partial charge is 0.480 e. The Morgan fingerprint density at radius 1 is 0.957 bits per heavy atom. The average molecular weight is 324 g/mol. The number of hydrogen-bond donors (Lipinski definition) is 3. The number of carboxylic acids is 1. The van der Waals surface area contributed by atoms with E-state index in [1.165, 1.54) is 0 Å². The predicted octanol–water partition coefficient (Wildman–Crippen LogP) is 1.83. The maximum absolute atomic E-state index is 12.1. The summed E-state index contributed by atoms with van der Waals surface area (Å²) in [7, 11) is 0. The van der Waals surface area contributed by atoms with Crippen LogP contribution in [-0.2, 0) is 14.4 Å². The zero-order valence-electron chi connectivity index (χ0n) is 13.8. The van der Waals surface area contributed by atoms with Crippen molar-refractivity contribution in [3.05, 3.63) is 0 Å². The highest BCUT2D eigenvalue weighted by Crippen LogP contribution is 2.28. The monoisotopic (exact) mass is 324 g/mol. The molecular formula is C17H28N2O4. The van der Waals surface area contributed by atoms with Crippen molar-refractivity contribution in [1.29, 1.82) is 0 Å². The Labute approximate surface area is 137 Å². The fourth-order valence-corrected chi connectivity index (χ4v) is 3.63. The zero-order chi connectivity index (χ0) is 16.8. The van der Waals surface area contributed by atoms with Crippen LogP contribution in [0.5, 0.6) is 0 Å². The van der Waals surface area contributed by atoms with Gasteiger partial charge in [0.05, 0.1) is 0 Å². The molecule has 2 rings (SSSR count). The molecule has 0 aromatic rings. The molecule has 0 saturated heterocycles. The maximum Gasteiger partial charge on any atom is 0.326 e. The molecule has 2 aliphatic carbocycles. The summed E-state index contributed by atoms with van der Waals surface area (Å²) in [5.74, 6) is -0.939. The van der Waals surface area contributed by atoms with Gasteiger partial charge in [-0.05, 0) is 44.9 Å². The van der Waals surface area contributed by atoms with Gasteiger partial charge in [0.2, 0.25) is 11.8 Å². The third-order valence-electron chi connectivity index (χ3n) is 5.19. The van der Waals surface area contributed by atoms with Crippen LogP contribution in [0.25, 0.3) is 0 Å². The summed E-state index contributed by atoms with van der Waals surface area (Å²) in [6.45, 7) is 1.74. The lowest BCUT2D eigenvalue weighted by Crippen LogP contribution is -2.46. The molecule has 3 N–H and O–H groups in total. The summed E-state index contributed by atoms with van der Waals surface area (Å²) in [6.07, 6.45) is 7.67. The van der Waals surface area contributed by atoms with Crippen LogP contribution in [0.4, 0.5) is 0 Å². The molecule has 1 unspecified atom stereocenters. The Balaban J connectivity index is 1.73. The van der Waals surface area contributed by atoms with Crippen LogP contribution >= 0.6 is 0 Å². The highest BCUT2D eigenvalue weighted by molar-refractivity contribution is 5.85. The minimum atomic E-state index is -0.988. The van der Waals surface area contributed by atoms with Crippen molar-refractivity contribution in [3.63, 3.8) is 0 Å². The van der Waals surface area contributed by atoms with Gasteiger partial charge in [-0.2, -0.15) is 0 Å². The highest BCUT2D eigenvalue weighted by Gasteiger charge is 2.31. The third kappa shape index (κ3) is 4.94. The molecule has 0 aliphatic heterocycles. The molecule has 0 bridgehead atoms. The molecule has 0 aromatic heterocycles. The van der Waals surface area contributed by atoms with Crippen LogP contribution in [0, 0.1) is 11.8 Å². The standard InChI is InChI=1S/C17H28N2O4/c1-2-14(17(22)23)19-16(21)12-7-9-13(10-8-12)18-15(20)11-5-3-4-6-11/h11-14H,2-10H2,1H3,(H,18,20)(H,19,21)(H,22,23). The fourth-order valence-electron chi connectivity index (χ4n) is 3.63. The SMILES string of the molecule is CCC(NC(=O)C1CCC(NC(=O)C2CCCC2)CC1)C(=O)O. The number of hydrogen-bond acceptors (Lipinski definition) is 3. The number of carboxylic acid groups (broad SMARTS) is 1. The Morgan fingerprint density at radius 3 is 2.04 bits per heavy atom. The molecule has 0 spiro atoms. The molecule has 130 valence electrons. The van der Waals surface area contributed by atoms with Gasteiger partial charge in [-0.1, -0.05) is 19.8 Å². The van der Waals surface area contributed by atoms with E-state index in [1.807, 2.05) is 0 Å². The lowest BCUT2D eigenvalue weighted by atomic mass is 9.85. The molecule has 1 atom stereocenters. The van der Waals surface area contributed by atoms with Crippen molar-refractivity contribution in [3.8, 4) is 0 Å². The van der Waals surface area contributed by atoms with Gasteiger partial charge in [0.1, 0.15) is 6.04 Å². The first-order valence-electron chi connectivity index (χ1n) is 8.84. The molecule has 0 aromatic carbocycles. The van der Waals surface area contributed by atoms with Crippen molar-refractivity contribution < 1.29 is 19.5 Å². The number of amides is 2. The molecule has 6 nitrogen and oxygen atoms in total. The first-order valence-corrected chi connectivity index (χ1v) is 8.84. The summed E-state index contributed by atoms with van der Waals surface area (Å²) in [5, 5.41) is 14.7. The fraction of sp³-hybridized carbons (Fsp3) is 0.824. The topological polar surface area (TPSA) is 95.5 Å². The van der Waals surface area contributed by atoms with E-state index in [0.717, 1.165) is 38.5 Å². The Kier molecular flexibility index (Phi) is 6.42. The zero-order valence-corrected chi connectivity index (χ0v) is 13.8. The van der Waals surface area contributed by atoms with Crippen LogP contribution in [0.2, 0.25) is 0 Å². The normalized spacial score (nSPS) is 26.5. The van der Waals surface area contributed by atoms with Crippen LogP contribution in [0.15, 0.2) is 0 Å². The molecule has 0 radical (unpaired) electrons. The molecule has 6 heteroatoms. The minimum absolute atomic E-state index is 0.136. The van der Waals surface area contributed by atoms with E-state index in [-0.39, 0.29) is 29.7 Å². The van der Waals surface area contributed by atoms with Crippen LogP contribution in [-0.4, -0.2) is 35.0 Å². The summed E-state index contributed by atoms with van der Waals surface area (Å²) >= 11 is 0. The van der Waals surface area contributed by atoms with Crippen LogP contribution in [0.3, 0.4) is 0 Å². The number of carbonyl (C=O) groups excluding carboxylic acids is 2. The summed E-state index contributed by atoms with van der Waals surface area (Å²) in [5.41, 5.74) is 0. The number of nitrogens with one attached hydrogen (secondary N) is 2. The van der Waals surface area contributed by atoms with Gasteiger partial charge in [-0.25, -0.2) is 4.79 Å². The van der Waals surface area contributed by atoms with Gasteiger partial charge < -0.3 is 15.7 Å². The van der Waals surface area contributed by atoms with Gasteiger partial charge in [0, 0.05) is 17.9 Å². The number of carbonyl (C=O) groups is 3. The first kappa shape index (κ1) is 17.8. The second-order valence-corrected chi connectivity index (χ2v) is 6.85. The van der Waals surface area contributed by atoms with E-state index in [0.29, 0.717) is 19.3 Å². The molecule has 23 heavy (non-hydrogen) atoms. The van der Waals surface area contributed by atoms with Crippen LogP contribution in [0.1, 0.15) is 64.7 Å². The van der Waals surface area contributed by atoms with Crippen molar-refractivity contribution >= 4 is 17.8 Å². The van der Waals surface area contributed by atoms with Crippen molar-refractivity contribution in [1.82, 2.24) is 10.6 Å². The summed E-state index contributed by atoms with van der Waals surface area (Å²) < 4.78 is 0. The van der Waals surface area contributed by atoms with Gasteiger partial charge in [0.15, 0.2) is 0 Å². The second kappa shape index (κ2) is 8.31. The molecule has 2 fully saturated rings. The summed E-state index contributed by atoms with van der Waals surface area (Å²) in [6, 6.07) is -0.643. The van der Waals surface area contributed by atoms with E-state index < -0.39 is 12.0 Å². The van der Waals surface area contributed by atoms with E-state index >= 15 is 0 Å². The van der Waals surface area contributed by atoms with Gasteiger partial charge in [-0.3, -0.25) is 9.59 Å². The van der Waals surface area contributed by atoms with E-state index in [1.54, 1.807) is 6.92 Å². The number of rotatable bonds is 6. The Hall–Kier alpha value is -1.59. The highest BCUT2D eigenvalue weighted by atomic mass is 16.4. The van der Waals surface area contributed by atoms with Crippen LogP contribution < -0.4 is 10.6 Å². The lowest BCUT2D eigenvalue weighted by molar-refractivity contribution is -0.142. The average Bonchev–Trinajstić information content (AvgIpc) is 3.07. The lowest BCUT2D eigenvalue weighted by Gasteiger charge is -2.29. The maximum atomic E-state index is 12.1. The second-order valence-electron chi connectivity index (χ2n) is 6.85. The molecule has 0 heterocycles. The third-order valence-corrected chi connectivity index (χ3v) is 5.19. The summed E-state index contributed by atoms with van der Waals surface area (Å²) in [4.78, 5) is 35.3. The van der Waals surface area contributed by atoms with E-state index in [9.17, 15) is 14.4 Å². The minimum Gasteiger partial charge on any atom is -0.480 e. The van der Waals surface area contributed by atoms with Gasteiger partial charge in [0.25, 0.3) is 0 Å². The first-order chi connectivity index (χ1) is 11.0. The van der Waals surface area contributed by atoms with Crippen molar-refractivity contribution in [2.24, 2.45) is 11.8 Å². The smallest absolute Gasteiger partial charge is 0.326 e. The Morgan fingerprint density at radius 2 is 1.52 bits per heavy atom. The number of aliphatic carboxylic acids is 1. The van der Waals surface area contributed by atoms with Gasteiger partial charge in [-0.15, -0.1) is 0 Å².